The van der Waals surface area contributed by atoms with Gasteiger partial charge < -0.3 is 14.3 Å². The predicted molar refractivity (Wildman–Crippen MR) is 75.5 cm³/mol. The lowest BCUT2D eigenvalue weighted by Crippen LogP contribution is -2.01. The highest BCUT2D eigenvalue weighted by Gasteiger charge is 2.07. The van der Waals surface area contributed by atoms with Crippen LogP contribution in [-0.2, 0) is 6.54 Å². The zero-order valence-electron chi connectivity index (χ0n) is 11.1. The Morgan fingerprint density at radius 3 is 2.89 bits per heavy atom. The molecule has 0 aliphatic carbocycles. The third-order valence-electron chi connectivity index (χ3n) is 2.96. The van der Waals surface area contributed by atoms with E-state index >= 15 is 0 Å². The summed E-state index contributed by atoms with van der Waals surface area (Å²) in [6, 6.07) is 3.79. The first-order valence-corrected chi connectivity index (χ1v) is 6.66. The van der Waals surface area contributed by atoms with Crippen molar-refractivity contribution in [3.8, 4) is 5.88 Å². The highest BCUT2D eigenvalue weighted by molar-refractivity contribution is 7.71. The van der Waals surface area contributed by atoms with Crippen molar-refractivity contribution in [2.45, 2.75) is 33.2 Å². The maximum atomic E-state index is 5.34. The fraction of sp³-hybridized carbons (Fsp3) is 0.538. The smallest absolute Gasteiger partial charge is 0.215 e. The lowest BCUT2D eigenvalue weighted by Gasteiger charge is -2.06. The van der Waals surface area contributed by atoms with Gasteiger partial charge in [0.25, 0.3) is 0 Å². The Kier molecular flexibility index (Phi) is 4.01. The Balaban J connectivity index is 2.30. The maximum Gasteiger partial charge on any atom is 0.215 e. The van der Waals surface area contributed by atoms with E-state index in [-0.39, 0.29) is 0 Å². The van der Waals surface area contributed by atoms with Crippen LogP contribution in [0.2, 0.25) is 0 Å². The number of imidazole rings is 1. The van der Waals surface area contributed by atoms with E-state index in [2.05, 4.69) is 28.4 Å². The quantitative estimate of drug-likeness (QED) is 0.841. The molecule has 2 aromatic rings. The summed E-state index contributed by atoms with van der Waals surface area (Å²) in [5.74, 6) is 1.33. The highest BCUT2D eigenvalue weighted by Crippen LogP contribution is 2.17. The molecule has 0 aliphatic rings. The lowest BCUT2D eigenvalue weighted by atomic mass is 10.1. The van der Waals surface area contributed by atoms with Crippen molar-refractivity contribution >= 4 is 23.4 Å². The molecule has 0 bridgehead atoms. The molecule has 4 nitrogen and oxygen atoms in total. The van der Waals surface area contributed by atoms with E-state index in [4.69, 9.17) is 17.0 Å². The number of aromatic nitrogens is 3. The zero-order valence-corrected chi connectivity index (χ0v) is 11.9. The van der Waals surface area contributed by atoms with Gasteiger partial charge in [0.05, 0.1) is 12.6 Å². The molecule has 0 amide bonds. The minimum Gasteiger partial charge on any atom is -0.481 e. The van der Waals surface area contributed by atoms with Crippen LogP contribution in [0.5, 0.6) is 5.88 Å². The summed E-state index contributed by atoms with van der Waals surface area (Å²) in [5.41, 5.74) is 1.84. The second-order valence-corrected chi connectivity index (χ2v) is 5.23. The van der Waals surface area contributed by atoms with Gasteiger partial charge in [-0.2, -0.15) is 4.98 Å². The van der Waals surface area contributed by atoms with Crippen LogP contribution in [0, 0.1) is 10.7 Å². The van der Waals surface area contributed by atoms with Crippen molar-refractivity contribution in [2.75, 3.05) is 7.11 Å². The summed E-state index contributed by atoms with van der Waals surface area (Å²) in [7, 11) is 1.62. The van der Waals surface area contributed by atoms with Crippen LogP contribution in [0.1, 0.15) is 26.7 Å². The fourth-order valence-electron chi connectivity index (χ4n) is 1.99. The number of hydrogen-bond acceptors (Lipinski definition) is 3. The van der Waals surface area contributed by atoms with Crippen molar-refractivity contribution in [3.63, 3.8) is 0 Å². The van der Waals surface area contributed by atoms with Crippen molar-refractivity contribution in [2.24, 2.45) is 5.92 Å². The normalized spacial score (nSPS) is 11.3. The predicted octanol–water partition coefficient (Wildman–Crippen LogP) is 3.54. The molecule has 2 heterocycles. The summed E-state index contributed by atoms with van der Waals surface area (Å²) in [6.45, 7) is 5.36. The summed E-state index contributed by atoms with van der Waals surface area (Å²) in [6.07, 6.45) is 2.30. The molecule has 18 heavy (non-hydrogen) atoms. The highest BCUT2D eigenvalue weighted by atomic mass is 32.1. The Labute approximate surface area is 112 Å². The Hall–Kier alpha value is -1.36. The van der Waals surface area contributed by atoms with Gasteiger partial charge in [-0.05, 0) is 37.0 Å². The molecule has 98 valence electrons. The fourth-order valence-corrected chi connectivity index (χ4v) is 2.28. The monoisotopic (exact) mass is 265 g/mol. The SMILES string of the molecule is COc1ccc2[nH]c(=S)n(CCCC(C)C)c2n1. The first-order valence-electron chi connectivity index (χ1n) is 6.25. The van der Waals surface area contributed by atoms with Crippen LogP contribution in [0.3, 0.4) is 0 Å². The molecule has 0 unspecified atom stereocenters. The largest absolute Gasteiger partial charge is 0.481 e. The van der Waals surface area contributed by atoms with Gasteiger partial charge in [-0.3, -0.25) is 0 Å². The van der Waals surface area contributed by atoms with Crippen LogP contribution in [0.4, 0.5) is 0 Å². The number of pyridine rings is 1. The van der Waals surface area contributed by atoms with Gasteiger partial charge in [0, 0.05) is 12.6 Å². The molecule has 0 atom stereocenters. The molecule has 0 aromatic carbocycles. The average molecular weight is 265 g/mol. The average Bonchev–Trinajstić information content (AvgIpc) is 2.64. The van der Waals surface area contributed by atoms with Crippen molar-refractivity contribution in [1.82, 2.24) is 14.5 Å². The van der Waals surface area contributed by atoms with Crippen molar-refractivity contribution in [1.29, 1.82) is 0 Å². The number of fused-ring (bicyclic) bond motifs is 1. The molecular formula is C13H19N3OS. The number of hydrogen-bond donors (Lipinski definition) is 1. The van der Waals surface area contributed by atoms with Gasteiger partial charge in [0.2, 0.25) is 5.88 Å². The molecule has 0 spiro atoms. The zero-order chi connectivity index (χ0) is 13.1. The van der Waals surface area contributed by atoms with Crippen LogP contribution >= 0.6 is 12.2 Å². The van der Waals surface area contributed by atoms with Gasteiger partial charge in [0.1, 0.15) is 0 Å². The van der Waals surface area contributed by atoms with E-state index in [1.807, 2.05) is 12.1 Å². The van der Waals surface area contributed by atoms with Crippen LogP contribution in [-0.4, -0.2) is 21.6 Å². The van der Waals surface area contributed by atoms with Crippen LogP contribution in [0.15, 0.2) is 12.1 Å². The standard InChI is InChI=1S/C13H19N3OS/c1-9(2)5-4-8-16-12-10(14-13(16)18)6-7-11(15-12)17-3/h6-7,9H,4-5,8H2,1-3H3,(H,14,18). The Morgan fingerprint density at radius 2 is 2.22 bits per heavy atom. The summed E-state index contributed by atoms with van der Waals surface area (Å²) < 4.78 is 7.94. The maximum absolute atomic E-state index is 5.34. The van der Waals surface area contributed by atoms with E-state index < -0.39 is 0 Å². The molecule has 0 saturated heterocycles. The molecule has 5 heteroatoms. The number of ether oxygens (including phenoxy) is 1. The Bertz CT molecular complexity index is 585. The third kappa shape index (κ3) is 2.72. The first-order chi connectivity index (χ1) is 8.61. The van der Waals surface area contributed by atoms with Crippen molar-refractivity contribution in [3.05, 3.63) is 16.9 Å². The van der Waals surface area contributed by atoms with Gasteiger partial charge in [-0.1, -0.05) is 13.8 Å². The number of nitrogens with zero attached hydrogens (tertiary/aromatic N) is 2. The molecule has 2 rings (SSSR count). The molecule has 0 aliphatic heterocycles. The number of H-pyrrole nitrogens is 1. The molecule has 1 N–H and O–H groups in total. The number of nitrogens with one attached hydrogen (secondary N) is 1. The van der Waals surface area contributed by atoms with Gasteiger partial charge in [-0.15, -0.1) is 0 Å². The third-order valence-corrected chi connectivity index (χ3v) is 3.29. The second-order valence-electron chi connectivity index (χ2n) is 4.84. The van der Waals surface area contributed by atoms with E-state index in [1.165, 1.54) is 6.42 Å². The van der Waals surface area contributed by atoms with Crippen molar-refractivity contribution < 1.29 is 4.74 Å². The van der Waals surface area contributed by atoms with E-state index in [1.54, 1.807) is 7.11 Å². The minimum atomic E-state index is 0.620. The molecule has 0 fully saturated rings. The van der Waals surface area contributed by atoms with E-state index in [9.17, 15) is 0 Å². The second kappa shape index (κ2) is 5.52. The van der Waals surface area contributed by atoms with Gasteiger partial charge in [0.15, 0.2) is 10.4 Å². The number of methoxy groups -OCH3 is 1. The molecule has 0 saturated carbocycles. The summed E-state index contributed by atoms with van der Waals surface area (Å²) >= 11 is 5.34. The topological polar surface area (TPSA) is 42.8 Å². The summed E-state index contributed by atoms with van der Waals surface area (Å²) in [4.78, 5) is 7.63. The Morgan fingerprint density at radius 1 is 1.44 bits per heavy atom. The number of aryl methyl sites for hydroxylation is 1. The van der Waals surface area contributed by atoms with E-state index in [0.29, 0.717) is 11.8 Å². The first kappa shape index (κ1) is 13.1. The minimum absolute atomic E-state index is 0.620. The number of aromatic amines is 1. The van der Waals surface area contributed by atoms with Crippen LogP contribution < -0.4 is 4.74 Å². The molecular weight excluding hydrogens is 246 g/mol. The summed E-state index contributed by atoms with van der Waals surface area (Å²) in [5, 5.41) is 0. The molecule has 2 aromatic heterocycles. The lowest BCUT2D eigenvalue weighted by molar-refractivity contribution is 0.398. The number of rotatable bonds is 5. The van der Waals surface area contributed by atoms with E-state index in [0.717, 1.165) is 28.9 Å². The van der Waals surface area contributed by atoms with Gasteiger partial charge >= 0.3 is 0 Å². The van der Waals surface area contributed by atoms with Gasteiger partial charge in [-0.25, -0.2) is 0 Å². The van der Waals surface area contributed by atoms with Crippen LogP contribution in [0.25, 0.3) is 11.2 Å². The molecule has 0 radical (unpaired) electrons.